The number of hydrogen-bond donors (Lipinski definition) is 1. The van der Waals surface area contributed by atoms with Crippen LogP contribution in [-0.2, 0) is 11.2 Å². The van der Waals surface area contributed by atoms with Crippen LogP contribution in [0.5, 0.6) is 0 Å². The molecule has 2 atom stereocenters. The van der Waals surface area contributed by atoms with Crippen molar-refractivity contribution in [3.8, 4) is 0 Å². The minimum absolute atomic E-state index is 0.165. The van der Waals surface area contributed by atoms with E-state index >= 15 is 0 Å². The summed E-state index contributed by atoms with van der Waals surface area (Å²) in [6, 6.07) is 9.23. The van der Waals surface area contributed by atoms with Gasteiger partial charge in [0.1, 0.15) is 0 Å². The fraction of sp³-hybridized carbons (Fsp3) is 0.588. The zero-order chi connectivity index (χ0) is 14.4. The molecule has 0 bridgehead atoms. The standard InChI is InChI=1S/C17H26N2O/c1-3-9-19(10-4-2)15-11-14-7-5-6-8-16(14)17(12-15)18-13-20/h5-8,13,15,17H,3-4,9-12H2,1-2H3,(H,18,20). The van der Waals surface area contributed by atoms with Crippen molar-refractivity contribution in [2.24, 2.45) is 0 Å². The molecule has 110 valence electrons. The number of hydrogen-bond acceptors (Lipinski definition) is 2. The first-order chi connectivity index (χ1) is 9.80. The van der Waals surface area contributed by atoms with Crippen molar-refractivity contribution >= 4 is 6.41 Å². The molecule has 1 aromatic carbocycles. The molecule has 0 heterocycles. The highest BCUT2D eigenvalue weighted by Gasteiger charge is 2.29. The molecule has 3 heteroatoms. The SMILES string of the molecule is CCCN(CCC)C1Cc2ccccc2C(NC=O)C1. The molecule has 0 aromatic heterocycles. The predicted molar refractivity (Wildman–Crippen MR) is 82.6 cm³/mol. The molecule has 1 aromatic rings. The molecule has 1 N–H and O–H groups in total. The quantitative estimate of drug-likeness (QED) is 0.775. The molecule has 2 rings (SSSR count). The van der Waals surface area contributed by atoms with Gasteiger partial charge >= 0.3 is 0 Å². The van der Waals surface area contributed by atoms with E-state index in [2.05, 4.69) is 48.3 Å². The fourth-order valence-corrected chi connectivity index (χ4v) is 3.37. The minimum Gasteiger partial charge on any atom is -0.352 e. The van der Waals surface area contributed by atoms with Crippen LogP contribution in [0.4, 0.5) is 0 Å². The van der Waals surface area contributed by atoms with Gasteiger partial charge < -0.3 is 5.32 Å². The van der Waals surface area contributed by atoms with Crippen LogP contribution in [0, 0.1) is 0 Å². The van der Waals surface area contributed by atoms with Gasteiger partial charge in [0.2, 0.25) is 6.41 Å². The van der Waals surface area contributed by atoms with E-state index in [9.17, 15) is 4.79 Å². The second-order valence-corrected chi connectivity index (χ2v) is 5.67. The highest BCUT2D eigenvalue weighted by molar-refractivity contribution is 5.49. The van der Waals surface area contributed by atoms with Crippen molar-refractivity contribution in [3.63, 3.8) is 0 Å². The highest BCUT2D eigenvalue weighted by Crippen LogP contribution is 2.32. The van der Waals surface area contributed by atoms with Crippen molar-refractivity contribution in [3.05, 3.63) is 35.4 Å². The number of nitrogens with zero attached hydrogens (tertiary/aromatic N) is 1. The van der Waals surface area contributed by atoms with Gasteiger partial charge in [0.05, 0.1) is 6.04 Å². The lowest BCUT2D eigenvalue weighted by molar-refractivity contribution is -0.110. The molecule has 0 fully saturated rings. The molecule has 0 saturated carbocycles. The summed E-state index contributed by atoms with van der Waals surface area (Å²) in [4.78, 5) is 13.5. The summed E-state index contributed by atoms with van der Waals surface area (Å²) < 4.78 is 0. The van der Waals surface area contributed by atoms with Crippen LogP contribution in [0.2, 0.25) is 0 Å². The molecule has 20 heavy (non-hydrogen) atoms. The van der Waals surface area contributed by atoms with Gasteiger partial charge in [0.15, 0.2) is 0 Å². The Kier molecular flexibility index (Phi) is 5.60. The Morgan fingerprint density at radius 3 is 2.60 bits per heavy atom. The van der Waals surface area contributed by atoms with Crippen LogP contribution in [0.25, 0.3) is 0 Å². The summed E-state index contributed by atoms with van der Waals surface area (Å²) in [7, 11) is 0. The molecule has 0 radical (unpaired) electrons. The second-order valence-electron chi connectivity index (χ2n) is 5.67. The van der Waals surface area contributed by atoms with E-state index in [1.54, 1.807) is 0 Å². The summed E-state index contributed by atoms with van der Waals surface area (Å²) in [6.07, 6.45) is 5.34. The summed E-state index contributed by atoms with van der Waals surface area (Å²) in [6.45, 7) is 6.77. The van der Waals surface area contributed by atoms with Crippen LogP contribution in [0.1, 0.15) is 50.3 Å². The number of nitrogens with one attached hydrogen (secondary N) is 1. The Morgan fingerprint density at radius 1 is 1.25 bits per heavy atom. The summed E-state index contributed by atoms with van der Waals surface area (Å²) in [5, 5.41) is 3.00. The van der Waals surface area contributed by atoms with Crippen molar-refractivity contribution in [1.82, 2.24) is 10.2 Å². The fourth-order valence-electron chi connectivity index (χ4n) is 3.37. The van der Waals surface area contributed by atoms with E-state index in [-0.39, 0.29) is 6.04 Å². The number of amides is 1. The van der Waals surface area contributed by atoms with Crippen LogP contribution < -0.4 is 5.32 Å². The Bertz CT molecular complexity index is 427. The molecule has 0 saturated heterocycles. The molecule has 3 nitrogen and oxygen atoms in total. The first-order valence-electron chi connectivity index (χ1n) is 7.81. The Labute approximate surface area is 122 Å². The van der Waals surface area contributed by atoms with Gasteiger partial charge in [-0.3, -0.25) is 9.69 Å². The van der Waals surface area contributed by atoms with E-state index < -0.39 is 0 Å². The predicted octanol–water partition coefficient (Wildman–Crippen LogP) is 2.91. The zero-order valence-corrected chi connectivity index (χ0v) is 12.6. The third kappa shape index (κ3) is 3.40. The van der Waals surface area contributed by atoms with Gasteiger partial charge in [-0.25, -0.2) is 0 Å². The number of fused-ring (bicyclic) bond motifs is 1. The van der Waals surface area contributed by atoms with E-state index in [0.717, 1.165) is 32.3 Å². The largest absolute Gasteiger partial charge is 0.352 e. The van der Waals surface area contributed by atoms with Crippen molar-refractivity contribution in [2.45, 2.75) is 51.6 Å². The lowest BCUT2D eigenvalue weighted by Gasteiger charge is -2.38. The lowest BCUT2D eigenvalue weighted by atomic mass is 9.83. The molecule has 1 aliphatic carbocycles. The van der Waals surface area contributed by atoms with Gasteiger partial charge in [-0.05, 0) is 49.9 Å². The smallest absolute Gasteiger partial charge is 0.207 e. The number of carbonyl (C=O) groups is 1. The second kappa shape index (κ2) is 7.44. The molecule has 0 spiro atoms. The third-order valence-electron chi connectivity index (χ3n) is 4.20. The summed E-state index contributed by atoms with van der Waals surface area (Å²) in [5.41, 5.74) is 2.68. The Balaban J connectivity index is 2.19. The van der Waals surface area contributed by atoms with Gasteiger partial charge in [-0.1, -0.05) is 38.1 Å². The zero-order valence-electron chi connectivity index (χ0n) is 12.6. The Morgan fingerprint density at radius 2 is 1.95 bits per heavy atom. The molecule has 1 amide bonds. The van der Waals surface area contributed by atoms with Crippen LogP contribution >= 0.6 is 0 Å². The first kappa shape index (κ1) is 15.0. The highest BCUT2D eigenvalue weighted by atomic mass is 16.1. The molecular formula is C17H26N2O. The third-order valence-corrected chi connectivity index (χ3v) is 4.20. The van der Waals surface area contributed by atoms with Gasteiger partial charge in [-0.15, -0.1) is 0 Å². The van der Waals surface area contributed by atoms with E-state index in [1.807, 2.05) is 0 Å². The summed E-state index contributed by atoms with van der Waals surface area (Å²) >= 11 is 0. The lowest BCUT2D eigenvalue weighted by Crippen LogP contribution is -2.43. The van der Waals surface area contributed by atoms with E-state index in [4.69, 9.17) is 0 Å². The first-order valence-corrected chi connectivity index (χ1v) is 7.81. The maximum Gasteiger partial charge on any atom is 0.207 e. The normalized spacial score (nSPS) is 21.6. The maximum atomic E-state index is 10.9. The van der Waals surface area contributed by atoms with Crippen LogP contribution in [-0.4, -0.2) is 30.4 Å². The number of rotatable bonds is 7. The average Bonchev–Trinajstić information content (AvgIpc) is 2.47. The van der Waals surface area contributed by atoms with Crippen molar-refractivity contribution < 1.29 is 4.79 Å². The van der Waals surface area contributed by atoms with E-state index in [1.165, 1.54) is 24.0 Å². The van der Waals surface area contributed by atoms with E-state index in [0.29, 0.717) is 6.04 Å². The average molecular weight is 274 g/mol. The van der Waals surface area contributed by atoms with Crippen LogP contribution in [0.15, 0.2) is 24.3 Å². The molecule has 0 aliphatic heterocycles. The van der Waals surface area contributed by atoms with Gasteiger partial charge in [0.25, 0.3) is 0 Å². The molecule has 1 aliphatic rings. The van der Waals surface area contributed by atoms with Crippen LogP contribution in [0.3, 0.4) is 0 Å². The summed E-state index contributed by atoms with van der Waals surface area (Å²) in [5.74, 6) is 0. The van der Waals surface area contributed by atoms with Gasteiger partial charge in [-0.2, -0.15) is 0 Å². The topological polar surface area (TPSA) is 32.3 Å². The maximum absolute atomic E-state index is 10.9. The monoisotopic (exact) mass is 274 g/mol. The Hall–Kier alpha value is -1.35. The van der Waals surface area contributed by atoms with Crippen molar-refractivity contribution in [2.75, 3.05) is 13.1 Å². The van der Waals surface area contributed by atoms with Gasteiger partial charge in [0, 0.05) is 6.04 Å². The molecular weight excluding hydrogens is 248 g/mol. The number of benzene rings is 1. The van der Waals surface area contributed by atoms with Crippen molar-refractivity contribution in [1.29, 1.82) is 0 Å². The molecule has 2 unspecified atom stereocenters. The number of carbonyl (C=O) groups excluding carboxylic acids is 1. The minimum atomic E-state index is 0.165.